The second kappa shape index (κ2) is 13.6. The van der Waals surface area contributed by atoms with E-state index in [4.69, 9.17) is 23.5 Å². The predicted molar refractivity (Wildman–Crippen MR) is 164 cm³/mol. The first-order valence-electron chi connectivity index (χ1n) is 12.1. The predicted octanol–water partition coefficient (Wildman–Crippen LogP) is 6.08. The van der Waals surface area contributed by atoms with Gasteiger partial charge in [-0.25, -0.2) is 0 Å². The van der Waals surface area contributed by atoms with Crippen LogP contribution >= 0.6 is 47.8 Å². The molecule has 0 atom stereocenters. The number of benzene rings is 3. The Balaban J connectivity index is 1.64. The van der Waals surface area contributed by atoms with Crippen LogP contribution in [0.15, 0.2) is 83.0 Å². The molecule has 3 heterocycles. The molecule has 38 heavy (non-hydrogen) atoms. The summed E-state index contributed by atoms with van der Waals surface area (Å²) in [5, 5.41) is 0. The van der Waals surface area contributed by atoms with E-state index in [9.17, 15) is 0 Å². The second-order valence-electron chi connectivity index (χ2n) is 8.64. The molecular weight excluding hydrogens is 783 g/mol. The van der Waals surface area contributed by atoms with Gasteiger partial charge >= 0.3 is 259 Å². The van der Waals surface area contributed by atoms with Gasteiger partial charge in [-0.2, -0.15) is 0 Å². The fourth-order valence-electron chi connectivity index (χ4n) is 3.99. The molecule has 0 aromatic heterocycles. The SMILES string of the molecule is Brc1ccc2c(c1)C=NCCN1CCN=Cc3cc(Br)ccc3[O][In]([O]2)[O]c2ccc(Br)cc2C=NCC1. The quantitative estimate of drug-likeness (QED) is 0.277. The van der Waals surface area contributed by atoms with Gasteiger partial charge in [0.25, 0.3) is 0 Å². The normalized spacial score (nSPS) is 17.8. The molecule has 3 aromatic rings. The summed E-state index contributed by atoms with van der Waals surface area (Å²) < 4.78 is 22.6. The number of rotatable bonds is 0. The van der Waals surface area contributed by atoms with Crippen molar-refractivity contribution < 1.29 is 8.56 Å². The standard InChI is InChI=1S/C27H27Br3N4O3.In/c28-22-1-4-25(35)19(13-22)16-31-7-10-34(11-8-32-17-20-14-23(29)2-5-26(20)36)12-9-33-18-21-15-24(30)3-6-27(21)37;/h1-6,13-18,35-37H,7-12H2;/q;+3/p-3. The summed E-state index contributed by atoms with van der Waals surface area (Å²) in [6.07, 6.45) is 5.60. The third-order valence-corrected chi connectivity index (χ3v) is 11.2. The van der Waals surface area contributed by atoms with Crippen LogP contribution < -0.4 is 8.56 Å². The number of hydrogen-bond acceptors (Lipinski definition) is 7. The van der Waals surface area contributed by atoms with E-state index in [1.807, 2.05) is 73.2 Å². The average Bonchev–Trinajstić information content (AvgIpc) is 2.89. The van der Waals surface area contributed by atoms with Crippen LogP contribution in [0.3, 0.4) is 0 Å². The zero-order valence-corrected chi connectivity index (χ0v) is 28.4. The topological polar surface area (TPSA) is 68.0 Å². The molecule has 0 fully saturated rings. The first-order valence-corrected chi connectivity index (χ1v) is 18.6. The molecular formula is C27H24Br3InN4O3. The van der Waals surface area contributed by atoms with Crippen LogP contribution in [-0.4, -0.2) is 85.6 Å². The van der Waals surface area contributed by atoms with Gasteiger partial charge in [-0.1, -0.05) is 0 Å². The summed E-state index contributed by atoms with van der Waals surface area (Å²) in [7, 11) is 0. The molecule has 0 amide bonds. The fourth-order valence-corrected chi connectivity index (χ4v) is 9.15. The molecule has 0 spiro atoms. The number of hydrogen-bond donors (Lipinski definition) is 0. The maximum atomic E-state index is 6.57. The number of nitrogens with zero attached hydrogens (tertiary/aromatic N) is 4. The van der Waals surface area contributed by atoms with Crippen LogP contribution in [0.25, 0.3) is 0 Å². The van der Waals surface area contributed by atoms with E-state index < -0.39 is 22.7 Å². The molecule has 11 heteroatoms. The molecule has 3 aliphatic rings. The molecule has 0 N–H and O–H groups in total. The molecule has 0 saturated carbocycles. The summed E-state index contributed by atoms with van der Waals surface area (Å²) in [5.41, 5.74) is 2.61. The van der Waals surface area contributed by atoms with Crippen molar-refractivity contribution in [3.8, 4) is 17.2 Å². The summed E-state index contributed by atoms with van der Waals surface area (Å²) in [6.45, 7) is 4.40. The van der Waals surface area contributed by atoms with Gasteiger partial charge in [0.1, 0.15) is 0 Å². The second-order valence-corrected chi connectivity index (χ2v) is 15.0. The Morgan fingerprint density at radius 1 is 0.553 bits per heavy atom. The van der Waals surface area contributed by atoms with Crippen molar-refractivity contribution in [1.82, 2.24) is 4.90 Å². The zero-order chi connectivity index (χ0) is 26.3. The van der Waals surface area contributed by atoms with Crippen molar-refractivity contribution in [2.45, 2.75) is 0 Å². The number of fused-ring (bicyclic) bond motifs is 6. The minimum absolute atomic E-state index is 0.657. The van der Waals surface area contributed by atoms with Crippen molar-refractivity contribution in [1.29, 1.82) is 0 Å². The summed E-state index contributed by atoms with van der Waals surface area (Å²) >= 11 is 6.98. The van der Waals surface area contributed by atoms with Crippen LogP contribution in [0.4, 0.5) is 0 Å². The summed E-state index contributed by atoms with van der Waals surface area (Å²) in [5.74, 6) is 2.02. The molecule has 0 aliphatic carbocycles. The average molecular weight is 807 g/mol. The van der Waals surface area contributed by atoms with Crippen LogP contribution in [0, 0.1) is 0 Å². The Hall–Kier alpha value is -1.66. The third kappa shape index (κ3) is 7.71. The van der Waals surface area contributed by atoms with E-state index in [-0.39, 0.29) is 0 Å². The third-order valence-electron chi connectivity index (χ3n) is 5.91. The number of aliphatic imine (C=N–C) groups is 3. The van der Waals surface area contributed by atoms with Gasteiger partial charge < -0.3 is 0 Å². The van der Waals surface area contributed by atoms with Gasteiger partial charge in [-0.15, -0.1) is 0 Å². The van der Waals surface area contributed by atoms with Gasteiger partial charge in [-0.05, 0) is 0 Å². The molecule has 2 bridgehead atoms. The molecule has 3 aliphatic heterocycles. The van der Waals surface area contributed by atoms with E-state index >= 15 is 0 Å². The Labute approximate surface area is 256 Å². The molecule has 0 saturated heterocycles. The van der Waals surface area contributed by atoms with Gasteiger partial charge in [0.2, 0.25) is 0 Å². The molecule has 6 rings (SSSR count). The van der Waals surface area contributed by atoms with Crippen molar-refractivity contribution in [2.75, 3.05) is 39.3 Å². The Morgan fingerprint density at radius 2 is 0.895 bits per heavy atom. The van der Waals surface area contributed by atoms with Gasteiger partial charge in [0.15, 0.2) is 0 Å². The van der Waals surface area contributed by atoms with Crippen LogP contribution in [0.5, 0.6) is 17.2 Å². The van der Waals surface area contributed by atoms with Crippen molar-refractivity contribution >= 4 is 89.2 Å². The fraction of sp³-hybridized carbons (Fsp3) is 0.222. The molecule has 7 nitrogen and oxygen atoms in total. The molecule has 3 aromatic carbocycles. The Bertz CT molecular complexity index is 1220. The van der Waals surface area contributed by atoms with Crippen molar-refractivity contribution in [3.05, 3.63) is 84.7 Å². The van der Waals surface area contributed by atoms with Crippen LogP contribution in [0.2, 0.25) is 0 Å². The maximum absolute atomic E-state index is 6.57. The monoisotopic (exact) mass is 804 g/mol. The van der Waals surface area contributed by atoms with E-state index in [0.29, 0.717) is 36.9 Å². The van der Waals surface area contributed by atoms with Crippen LogP contribution in [-0.2, 0) is 0 Å². The number of halogens is 3. The molecule has 0 radical (unpaired) electrons. The Kier molecular flexibility index (Phi) is 9.99. The Morgan fingerprint density at radius 3 is 1.24 bits per heavy atom. The first-order chi connectivity index (χ1) is 18.5. The van der Waals surface area contributed by atoms with E-state index in [2.05, 4.69) is 52.7 Å². The minimum atomic E-state index is -3.77. The van der Waals surface area contributed by atoms with Crippen LogP contribution in [0.1, 0.15) is 16.7 Å². The summed E-state index contributed by atoms with van der Waals surface area (Å²) in [4.78, 5) is 16.5. The van der Waals surface area contributed by atoms with Crippen molar-refractivity contribution in [3.63, 3.8) is 0 Å². The van der Waals surface area contributed by atoms with E-state index in [1.54, 1.807) is 0 Å². The van der Waals surface area contributed by atoms with Gasteiger partial charge in [-0.3, -0.25) is 0 Å². The van der Waals surface area contributed by atoms with E-state index in [0.717, 1.165) is 49.7 Å². The zero-order valence-electron chi connectivity index (χ0n) is 20.4. The van der Waals surface area contributed by atoms with Crippen molar-refractivity contribution in [2.24, 2.45) is 15.0 Å². The van der Waals surface area contributed by atoms with E-state index in [1.165, 1.54) is 0 Å². The summed E-state index contributed by atoms with van der Waals surface area (Å²) in [6, 6.07) is 17.6. The molecule has 0 unspecified atom stereocenters. The van der Waals surface area contributed by atoms with Gasteiger partial charge in [0, 0.05) is 0 Å². The molecule has 194 valence electrons. The van der Waals surface area contributed by atoms with Gasteiger partial charge in [0.05, 0.1) is 0 Å². The first kappa shape index (κ1) is 27.9.